The zero-order chi connectivity index (χ0) is 30.7. The van der Waals surface area contributed by atoms with E-state index in [0.717, 1.165) is 41.9 Å². The largest absolute Gasteiger partial charge is 0.394 e. The fourth-order valence-electron chi connectivity index (χ4n) is 5.64. The molecule has 11 nitrogen and oxygen atoms in total. The van der Waals surface area contributed by atoms with E-state index in [0.29, 0.717) is 30.6 Å². The Balaban J connectivity index is 1.13. The molecule has 5 rings (SSSR count). The summed E-state index contributed by atoms with van der Waals surface area (Å²) < 4.78 is 0. The molecule has 7 N–H and O–H groups in total. The zero-order valence-corrected chi connectivity index (χ0v) is 24.8. The van der Waals surface area contributed by atoms with Crippen LogP contribution in [0.5, 0.6) is 0 Å². The number of carbonyl (C=O) groups is 2. The molecule has 2 amide bonds. The van der Waals surface area contributed by atoms with Crippen LogP contribution in [0, 0.1) is 0 Å². The molecule has 2 aliphatic carbocycles. The summed E-state index contributed by atoms with van der Waals surface area (Å²) in [4.78, 5) is 30.5. The molecule has 1 aliphatic heterocycles. The molecule has 12 heteroatoms. The number of hydrogen-bond donors (Lipinski definition) is 7. The van der Waals surface area contributed by atoms with Gasteiger partial charge in [-0.05, 0) is 61.4 Å². The van der Waals surface area contributed by atoms with E-state index in [1.807, 2.05) is 35.2 Å². The van der Waals surface area contributed by atoms with Crippen molar-refractivity contribution in [2.45, 2.75) is 81.1 Å². The van der Waals surface area contributed by atoms with Gasteiger partial charge in [0.2, 0.25) is 11.8 Å². The third-order valence-electron chi connectivity index (χ3n) is 8.64. The van der Waals surface area contributed by atoms with Gasteiger partial charge in [0.15, 0.2) is 0 Å². The Kier molecular flexibility index (Phi) is 9.92. The molecule has 2 saturated carbocycles. The number of para-hydroxylation sites is 2. The SMILES string of the molecule is O=C(CCc1ccc(Cl)c(CNC2(C(=O)N3CCN(C4CC4)c4ccccc43)CC2)c1)NC[C@H](O)[C@@H](O)[C@H](O)[C@H](O)CO. The first kappa shape index (κ1) is 31.6. The molecule has 0 unspecified atom stereocenters. The number of aliphatic hydroxyl groups excluding tert-OH is 5. The summed E-state index contributed by atoms with van der Waals surface area (Å²) in [5, 5.41) is 54.5. The number of benzene rings is 2. The van der Waals surface area contributed by atoms with E-state index >= 15 is 0 Å². The summed E-state index contributed by atoms with van der Waals surface area (Å²) in [6.45, 7) is 0.787. The minimum absolute atomic E-state index is 0.0880. The summed E-state index contributed by atoms with van der Waals surface area (Å²) in [6.07, 6.45) is -2.21. The second-order valence-electron chi connectivity index (χ2n) is 11.8. The summed E-state index contributed by atoms with van der Waals surface area (Å²) in [5.41, 5.74) is 3.18. The maximum absolute atomic E-state index is 13.8. The minimum atomic E-state index is -1.75. The van der Waals surface area contributed by atoms with Gasteiger partial charge in [-0.3, -0.25) is 14.9 Å². The molecule has 2 aromatic carbocycles. The van der Waals surface area contributed by atoms with Gasteiger partial charge in [0.1, 0.15) is 18.3 Å². The highest BCUT2D eigenvalue weighted by Gasteiger charge is 2.52. The quantitative estimate of drug-likeness (QED) is 0.160. The number of anilines is 2. The van der Waals surface area contributed by atoms with Gasteiger partial charge < -0.3 is 40.6 Å². The van der Waals surface area contributed by atoms with Gasteiger partial charge in [-0.25, -0.2) is 0 Å². The molecule has 0 saturated heterocycles. The van der Waals surface area contributed by atoms with Crippen molar-refractivity contribution in [1.29, 1.82) is 0 Å². The predicted octanol–water partition coefficient (Wildman–Crippen LogP) is 0.463. The van der Waals surface area contributed by atoms with Crippen LogP contribution in [0.25, 0.3) is 0 Å². The molecule has 1 heterocycles. The first-order chi connectivity index (χ1) is 20.6. The molecule has 0 aromatic heterocycles. The molecule has 0 radical (unpaired) electrons. The summed E-state index contributed by atoms with van der Waals surface area (Å²) in [5.74, 6) is -0.285. The molecule has 3 aliphatic rings. The number of halogens is 1. The zero-order valence-electron chi connectivity index (χ0n) is 24.0. The average Bonchev–Trinajstić information content (AvgIpc) is 3.96. The Morgan fingerprint density at radius 3 is 2.35 bits per heavy atom. The van der Waals surface area contributed by atoms with Crippen molar-refractivity contribution >= 4 is 34.8 Å². The first-order valence-electron chi connectivity index (χ1n) is 14.9. The van der Waals surface area contributed by atoms with E-state index in [-0.39, 0.29) is 24.8 Å². The van der Waals surface area contributed by atoms with Crippen LogP contribution in [0.2, 0.25) is 5.02 Å². The third-order valence-corrected chi connectivity index (χ3v) is 9.01. The van der Waals surface area contributed by atoms with E-state index in [2.05, 4.69) is 21.6 Å². The lowest BCUT2D eigenvalue weighted by molar-refractivity contribution is -0.126. The Hall–Kier alpha value is -2.77. The topological polar surface area (TPSA) is 166 Å². The summed E-state index contributed by atoms with van der Waals surface area (Å²) in [6, 6.07) is 14.2. The molecule has 4 atom stereocenters. The second kappa shape index (κ2) is 13.5. The number of nitrogens with one attached hydrogen (secondary N) is 2. The molecule has 2 fully saturated rings. The van der Waals surface area contributed by atoms with Crippen molar-refractivity contribution in [2.75, 3.05) is 36.0 Å². The molecule has 234 valence electrons. The smallest absolute Gasteiger partial charge is 0.247 e. The highest BCUT2D eigenvalue weighted by Crippen LogP contribution is 2.44. The fraction of sp³-hybridized carbons (Fsp3) is 0.548. The van der Waals surface area contributed by atoms with Crippen LogP contribution in [0.4, 0.5) is 11.4 Å². The Labute approximate surface area is 256 Å². The van der Waals surface area contributed by atoms with Gasteiger partial charge >= 0.3 is 0 Å². The number of amides is 2. The monoisotopic (exact) mass is 616 g/mol. The van der Waals surface area contributed by atoms with Gasteiger partial charge in [-0.15, -0.1) is 0 Å². The predicted molar refractivity (Wildman–Crippen MR) is 162 cm³/mol. The Morgan fingerprint density at radius 2 is 1.67 bits per heavy atom. The van der Waals surface area contributed by atoms with Crippen molar-refractivity contribution in [2.24, 2.45) is 0 Å². The van der Waals surface area contributed by atoms with Gasteiger partial charge in [0.25, 0.3) is 0 Å². The molecular formula is C31H41ClN4O7. The second-order valence-corrected chi connectivity index (χ2v) is 12.2. The van der Waals surface area contributed by atoms with Crippen molar-refractivity contribution in [1.82, 2.24) is 10.6 Å². The van der Waals surface area contributed by atoms with Gasteiger partial charge in [-0.1, -0.05) is 35.9 Å². The number of fused-ring (bicyclic) bond motifs is 1. The lowest BCUT2D eigenvalue weighted by atomic mass is 10.0. The van der Waals surface area contributed by atoms with E-state index in [9.17, 15) is 30.0 Å². The molecule has 2 aromatic rings. The number of rotatable bonds is 14. The average molecular weight is 617 g/mol. The van der Waals surface area contributed by atoms with Crippen molar-refractivity contribution in [3.8, 4) is 0 Å². The number of aryl methyl sites for hydroxylation is 1. The third kappa shape index (κ3) is 7.31. The van der Waals surface area contributed by atoms with E-state index in [1.165, 1.54) is 12.8 Å². The van der Waals surface area contributed by atoms with Crippen molar-refractivity contribution in [3.05, 3.63) is 58.6 Å². The Bertz CT molecular complexity index is 1300. The summed E-state index contributed by atoms with van der Waals surface area (Å²) >= 11 is 6.50. The van der Waals surface area contributed by atoms with Gasteiger partial charge in [0, 0.05) is 43.7 Å². The normalized spacial score (nSPS) is 20.1. The van der Waals surface area contributed by atoms with Crippen LogP contribution in [-0.4, -0.2) is 99.6 Å². The Morgan fingerprint density at radius 1 is 0.977 bits per heavy atom. The van der Waals surface area contributed by atoms with Crippen molar-refractivity contribution < 1.29 is 35.1 Å². The first-order valence-corrected chi connectivity index (χ1v) is 15.3. The van der Waals surface area contributed by atoms with E-state index in [1.54, 1.807) is 6.07 Å². The number of nitrogens with zero attached hydrogens (tertiary/aromatic N) is 2. The van der Waals surface area contributed by atoms with Gasteiger partial charge in [-0.2, -0.15) is 0 Å². The maximum atomic E-state index is 13.8. The van der Waals surface area contributed by atoms with E-state index < -0.39 is 36.6 Å². The van der Waals surface area contributed by atoms with Crippen LogP contribution in [0.1, 0.15) is 43.2 Å². The minimum Gasteiger partial charge on any atom is -0.394 e. The molecule has 43 heavy (non-hydrogen) atoms. The van der Waals surface area contributed by atoms with Crippen LogP contribution in [0.15, 0.2) is 42.5 Å². The summed E-state index contributed by atoms with van der Waals surface area (Å²) in [7, 11) is 0. The number of aliphatic hydroxyl groups is 5. The van der Waals surface area contributed by atoms with E-state index in [4.69, 9.17) is 16.7 Å². The maximum Gasteiger partial charge on any atom is 0.247 e. The van der Waals surface area contributed by atoms with Crippen LogP contribution < -0.4 is 20.4 Å². The lowest BCUT2D eigenvalue weighted by Gasteiger charge is -2.39. The molecule has 0 bridgehead atoms. The number of carbonyl (C=O) groups excluding carboxylic acids is 2. The van der Waals surface area contributed by atoms with Crippen LogP contribution in [0.3, 0.4) is 0 Å². The highest BCUT2D eigenvalue weighted by atomic mass is 35.5. The molecular weight excluding hydrogens is 576 g/mol. The fourth-order valence-corrected chi connectivity index (χ4v) is 5.83. The van der Waals surface area contributed by atoms with Crippen LogP contribution in [-0.2, 0) is 22.6 Å². The highest BCUT2D eigenvalue weighted by molar-refractivity contribution is 6.31. The standard InChI is InChI=1S/C31H41ClN4O7/c32-22-9-5-19(6-10-27(40)33-17-25(38)28(41)29(42)26(39)18-37)15-20(22)16-34-31(11-12-31)30(43)36-14-13-35(21-7-8-21)23-3-1-2-4-24(23)36/h1-5,9,15,21,25-26,28-29,34,37-39,41-42H,6-8,10-14,16-18H2,(H,33,40)/t25-,26+,28+,29+/m0/s1. The molecule has 0 spiro atoms. The number of hydrogen-bond acceptors (Lipinski definition) is 9. The van der Waals surface area contributed by atoms with Gasteiger partial charge in [0.05, 0.1) is 29.6 Å². The lowest BCUT2D eigenvalue weighted by Crippen LogP contribution is -2.53. The van der Waals surface area contributed by atoms with Crippen LogP contribution >= 0.6 is 11.6 Å². The van der Waals surface area contributed by atoms with Crippen molar-refractivity contribution in [3.63, 3.8) is 0 Å².